The highest BCUT2D eigenvalue weighted by Crippen LogP contribution is 2.14. The van der Waals surface area contributed by atoms with E-state index in [1.165, 1.54) is 0 Å². The van der Waals surface area contributed by atoms with Gasteiger partial charge >= 0.3 is 0 Å². The number of aliphatic hydroxyl groups excluding tert-OH is 1. The first-order chi connectivity index (χ1) is 8.20. The van der Waals surface area contributed by atoms with E-state index in [4.69, 9.17) is 0 Å². The molecule has 92 valence electrons. The Labute approximate surface area is 100 Å². The van der Waals surface area contributed by atoms with Crippen molar-refractivity contribution in [2.75, 3.05) is 25.0 Å². The number of hydrogen-bond acceptors (Lipinski definition) is 4. The van der Waals surface area contributed by atoms with Crippen molar-refractivity contribution < 1.29 is 9.90 Å². The van der Waals surface area contributed by atoms with Crippen LogP contribution >= 0.6 is 0 Å². The lowest BCUT2D eigenvalue weighted by molar-refractivity contribution is 0.0759. The van der Waals surface area contributed by atoms with E-state index in [0.29, 0.717) is 25.2 Å². The van der Waals surface area contributed by atoms with Crippen molar-refractivity contribution in [3.05, 3.63) is 24.0 Å². The van der Waals surface area contributed by atoms with E-state index in [1.807, 2.05) is 13.0 Å². The van der Waals surface area contributed by atoms with Gasteiger partial charge in [0.1, 0.15) is 5.69 Å². The molecule has 1 fully saturated rings. The molecule has 1 unspecified atom stereocenters. The minimum Gasteiger partial charge on any atom is -0.391 e. The van der Waals surface area contributed by atoms with Crippen molar-refractivity contribution in [2.24, 2.45) is 0 Å². The molecular formula is C12H17N3O2. The highest BCUT2D eigenvalue weighted by atomic mass is 16.3. The predicted molar refractivity (Wildman–Crippen MR) is 64.9 cm³/mol. The van der Waals surface area contributed by atoms with Crippen LogP contribution in [0.5, 0.6) is 0 Å². The second-order valence-electron chi connectivity index (χ2n) is 4.15. The molecule has 5 heteroatoms. The zero-order valence-corrected chi connectivity index (χ0v) is 9.89. The number of amides is 1. The van der Waals surface area contributed by atoms with Gasteiger partial charge < -0.3 is 15.3 Å². The van der Waals surface area contributed by atoms with Gasteiger partial charge in [0.2, 0.25) is 0 Å². The number of β-amino-alcohol motifs (C(OH)–C–C–N with tert-alkyl or cyclic N) is 1. The number of pyridine rings is 1. The number of nitrogens with zero attached hydrogens (tertiary/aromatic N) is 2. The van der Waals surface area contributed by atoms with Gasteiger partial charge in [0.15, 0.2) is 0 Å². The minimum absolute atomic E-state index is 0.110. The lowest BCUT2D eigenvalue weighted by Gasteiger charge is -2.15. The number of anilines is 1. The number of aromatic nitrogens is 1. The van der Waals surface area contributed by atoms with E-state index in [0.717, 1.165) is 12.2 Å². The highest BCUT2D eigenvalue weighted by Gasteiger charge is 2.26. The van der Waals surface area contributed by atoms with Crippen LogP contribution in [-0.4, -0.2) is 46.6 Å². The maximum atomic E-state index is 12.1. The Hall–Kier alpha value is -1.62. The van der Waals surface area contributed by atoms with Gasteiger partial charge in [-0.3, -0.25) is 9.78 Å². The van der Waals surface area contributed by atoms with Gasteiger partial charge in [-0.15, -0.1) is 0 Å². The van der Waals surface area contributed by atoms with Crippen molar-refractivity contribution in [1.82, 2.24) is 9.88 Å². The maximum absolute atomic E-state index is 12.1. The Morgan fingerprint density at radius 3 is 3.18 bits per heavy atom. The molecule has 0 bridgehead atoms. The van der Waals surface area contributed by atoms with Crippen LogP contribution in [0.1, 0.15) is 23.8 Å². The Morgan fingerprint density at radius 2 is 2.53 bits per heavy atom. The van der Waals surface area contributed by atoms with Crippen molar-refractivity contribution in [3.8, 4) is 0 Å². The van der Waals surface area contributed by atoms with Crippen LogP contribution in [0, 0.1) is 0 Å². The minimum atomic E-state index is -0.393. The summed E-state index contributed by atoms with van der Waals surface area (Å²) in [5, 5.41) is 12.5. The lowest BCUT2D eigenvalue weighted by atomic mass is 10.3. The maximum Gasteiger partial charge on any atom is 0.272 e. The predicted octanol–water partition coefficient (Wildman–Crippen LogP) is 0.720. The van der Waals surface area contributed by atoms with E-state index < -0.39 is 6.10 Å². The molecule has 0 radical (unpaired) electrons. The fraction of sp³-hybridized carbons (Fsp3) is 0.500. The molecule has 1 aromatic heterocycles. The summed E-state index contributed by atoms with van der Waals surface area (Å²) in [6.45, 7) is 3.82. The van der Waals surface area contributed by atoms with Gasteiger partial charge in [-0.25, -0.2) is 0 Å². The first-order valence-corrected chi connectivity index (χ1v) is 5.88. The van der Waals surface area contributed by atoms with Crippen LogP contribution in [0.3, 0.4) is 0 Å². The molecule has 2 N–H and O–H groups in total. The van der Waals surface area contributed by atoms with Crippen LogP contribution in [-0.2, 0) is 0 Å². The van der Waals surface area contributed by atoms with E-state index >= 15 is 0 Å². The standard InChI is InChI=1S/C12H17N3O2/c1-2-13-9-3-5-14-11(7-9)12(17)15-6-4-10(16)8-15/h3,5,7,10,16H,2,4,6,8H2,1H3,(H,13,14). The number of rotatable bonds is 3. The highest BCUT2D eigenvalue weighted by molar-refractivity contribution is 5.93. The van der Waals surface area contributed by atoms with E-state index in [9.17, 15) is 9.90 Å². The second kappa shape index (κ2) is 5.14. The zero-order valence-electron chi connectivity index (χ0n) is 9.89. The number of carbonyl (C=O) groups excluding carboxylic acids is 1. The van der Waals surface area contributed by atoms with Crippen LogP contribution < -0.4 is 5.32 Å². The average molecular weight is 235 g/mol. The van der Waals surface area contributed by atoms with Crippen LogP contribution in [0.15, 0.2) is 18.3 Å². The van der Waals surface area contributed by atoms with Gasteiger partial charge in [-0.1, -0.05) is 0 Å². The summed E-state index contributed by atoms with van der Waals surface area (Å²) in [4.78, 5) is 17.8. The summed E-state index contributed by atoms with van der Waals surface area (Å²) >= 11 is 0. The first kappa shape index (κ1) is 11.9. The Bertz CT molecular complexity index is 408. The quantitative estimate of drug-likeness (QED) is 0.810. The largest absolute Gasteiger partial charge is 0.391 e. The summed E-state index contributed by atoms with van der Waals surface area (Å²) in [6, 6.07) is 3.58. The molecule has 1 aliphatic heterocycles. The summed E-state index contributed by atoms with van der Waals surface area (Å²) in [6.07, 6.45) is 1.88. The van der Waals surface area contributed by atoms with Crippen LogP contribution in [0.4, 0.5) is 5.69 Å². The van der Waals surface area contributed by atoms with Crippen LogP contribution in [0.2, 0.25) is 0 Å². The van der Waals surface area contributed by atoms with E-state index in [-0.39, 0.29) is 5.91 Å². The smallest absolute Gasteiger partial charge is 0.272 e. The third kappa shape index (κ3) is 2.74. The van der Waals surface area contributed by atoms with Crippen molar-refractivity contribution in [3.63, 3.8) is 0 Å². The molecule has 1 aliphatic rings. The number of carbonyl (C=O) groups is 1. The molecule has 5 nitrogen and oxygen atoms in total. The molecule has 0 aliphatic carbocycles. The Kier molecular flexibility index (Phi) is 3.58. The summed E-state index contributed by atoms with van der Waals surface area (Å²) in [5.74, 6) is -0.110. The number of nitrogens with one attached hydrogen (secondary N) is 1. The molecule has 1 aromatic rings. The SMILES string of the molecule is CCNc1ccnc(C(=O)N2CCC(O)C2)c1. The topological polar surface area (TPSA) is 65.5 Å². The molecule has 1 saturated heterocycles. The van der Waals surface area contributed by atoms with Gasteiger partial charge in [-0.2, -0.15) is 0 Å². The Balaban J connectivity index is 2.10. The molecule has 1 amide bonds. The Morgan fingerprint density at radius 1 is 1.71 bits per heavy atom. The number of aliphatic hydroxyl groups is 1. The summed E-state index contributed by atoms with van der Waals surface area (Å²) in [7, 11) is 0. The normalized spacial score (nSPS) is 19.4. The molecule has 1 atom stereocenters. The fourth-order valence-corrected chi connectivity index (χ4v) is 1.95. The molecule has 0 aromatic carbocycles. The van der Waals surface area contributed by atoms with Gasteiger partial charge in [-0.05, 0) is 25.5 Å². The number of likely N-dealkylation sites (tertiary alicyclic amines) is 1. The molecule has 17 heavy (non-hydrogen) atoms. The monoisotopic (exact) mass is 235 g/mol. The molecule has 2 rings (SSSR count). The van der Waals surface area contributed by atoms with Gasteiger partial charge in [0.25, 0.3) is 5.91 Å². The molecular weight excluding hydrogens is 218 g/mol. The van der Waals surface area contributed by atoms with E-state index in [2.05, 4.69) is 10.3 Å². The third-order valence-corrected chi connectivity index (χ3v) is 2.81. The summed E-state index contributed by atoms with van der Waals surface area (Å²) < 4.78 is 0. The van der Waals surface area contributed by atoms with Gasteiger partial charge in [0, 0.05) is 31.5 Å². The number of hydrogen-bond donors (Lipinski definition) is 2. The van der Waals surface area contributed by atoms with Crippen molar-refractivity contribution in [1.29, 1.82) is 0 Å². The van der Waals surface area contributed by atoms with E-state index in [1.54, 1.807) is 17.2 Å². The fourth-order valence-electron chi connectivity index (χ4n) is 1.95. The average Bonchev–Trinajstić information content (AvgIpc) is 2.76. The molecule has 0 saturated carbocycles. The summed E-state index contributed by atoms with van der Waals surface area (Å²) in [5.41, 5.74) is 1.32. The molecule has 0 spiro atoms. The zero-order chi connectivity index (χ0) is 12.3. The lowest BCUT2D eigenvalue weighted by Crippen LogP contribution is -2.30. The van der Waals surface area contributed by atoms with Crippen molar-refractivity contribution in [2.45, 2.75) is 19.4 Å². The van der Waals surface area contributed by atoms with Crippen molar-refractivity contribution >= 4 is 11.6 Å². The first-order valence-electron chi connectivity index (χ1n) is 5.88. The third-order valence-electron chi connectivity index (χ3n) is 2.81. The van der Waals surface area contributed by atoms with Gasteiger partial charge in [0.05, 0.1) is 6.10 Å². The van der Waals surface area contributed by atoms with Crippen LogP contribution in [0.25, 0.3) is 0 Å². The molecule has 2 heterocycles. The second-order valence-corrected chi connectivity index (χ2v) is 4.15.